The molecule has 0 aromatic heterocycles. The molecular formula is C14H29N3O2. The standard InChI is InChI=1S/C14H29N3O2/c1-12(2)15-13(18)5-6-16-7-9-17(10-8-16)11-14(3,4)19/h12,19H,5-11H2,1-4H3,(H,15,18). The lowest BCUT2D eigenvalue weighted by molar-refractivity contribution is -0.122. The SMILES string of the molecule is CC(C)NC(=O)CCN1CCN(CC(C)(C)O)CC1. The van der Waals surface area contributed by atoms with Gasteiger partial charge in [-0.25, -0.2) is 0 Å². The van der Waals surface area contributed by atoms with E-state index in [1.165, 1.54) is 0 Å². The highest BCUT2D eigenvalue weighted by molar-refractivity contribution is 5.76. The molecule has 1 saturated heterocycles. The minimum atomic E-state index is -0.626. The Morgan fingerprint density at radius 1 is 1.21 bits per heavy atom. The second kappa shape index (κ2) is 7.22. The van der Waals surface area contributed by atoms with Gasteiger partial charge in [0.25, 0.3) is 0 Å². The molecule has 1 aliphatic rings. The molecule has 1 amide bonds. The number of carbonyl (C=O) groups excluding carboxylic acids is 1. The fourth-order valence-electron chi connectivity index (χ4n) is 2.37. The van der Waals surface area contributed by atoms with Crippen molar-refractivity contribution in [3.05, 3.63) is 0 Å². The Morgan fingerprint density at radius 2 is 1.74 bits per heavy atom. The van der Waals surface area contributed by atoms with E-state index in [0.29, 0.717) is 13.0 Å². The molecular weight excluding hydrogens is 242 g/mol. The molecule has 0 aromatic rings. The molecule has 1 fully saturated rings. The number of nitrogens with zero attached hydrogens (tertiary/aromatic N) is 2. The third-order valence-corrected chi connectivity index (χ3v) is 3.18. The Balaban J connectivity index is 2.18. The Labute approximate surface area is 117 Å². The second-order valence-corrected chi connectivity index (χ2v) is 6.40. The number of amides is 1. The van der Waals surface area contributed by atoms with Gasteiger partial charge in [0.2, 0.25) is 5.91 Å². The van der Waals surface area contributed by atoms with Crippen LogP contribution in [0.3, 0.4) is 0 Å². The lowest BCUT2D eigenvalue weighted by atomic mass is 10.1. The molecule has 1 aliphatic heterocycles. The zero-order valence-corrected chi connectivity index (χ0v) is 12.8. The molecule has 0 aromatic carbocycles. The summed E-state index contributed by atoms with van der Waals surface area (Å²) >= 11 is 0. The van der Waals surface area contributed by atoms with Crippen LogP contribution in [0.5, 0.6) is 0 Å². The zero-order valence-electron chi connectivity index (χ0n) is 12.8. The third kappa shape index (κ3) is 7.50. The topological polar surface area (TPSA) is 55.8 Å². The normalized spacial score (nSPS) is 18.8. The lowest BCUT2D eigenvalue weighted by Crippen LogP contribution is -2.51. The van der Waals surface area contributed by atoms with Gasteiger partial charge in [0.05, 0.1) is 5.60 Å². The summed E-state index contributed by atoms with van der Waals surface area (Å²) in [6, 6.07) is 0.219. The van der Waals surface area contributed by atoms with Gasteiger partial charge in [0.15, 0.2) is 0 Å². The van der Waals surface area contributed by atoms with Crippen molar-refractivity contribution in [2.24, 2.45) is 0 Å². The Morgan fingerprint density at radius 3 is 2.21 bits per heavy atom. The van der Waals surface area contributed by atoms with Crippen LogP contribution in [-0.2, 0) is 4.79 Å². The number of β-amino-alcohol motifs (C(OH)–C–C–N with tert-alkyl or cyclic N) is 1. The summed E-state index contributed by atoms with van der Waals surface area (Å²) in [5.41, 5.74) is -0.626. The van der Waals surface area contributed by atoms with E-state index in [9.17, 15) is 9.90 Å². The van der Waals surface area contributed by atoms with Crippen LogP contribution in [0.2, 0.25) is 0 Å². The number of piperazine rings is 1. The third-order valence-electron chi connectivity index (χ3n) is 3.18. The monoisotopic (exact) mass is 271 g/mol. The summed E-state index contributed by atoms with van der Waals surface area (Å²) in [5.74, 6) is 0.133. The minimum absolute atomic E-state index is 0.133. The summed E-state index contributed by atoms with van der Waals surface area (Å²) < 4.78 is 0. The van der Waals surface area contributed by atoms with Gasteiger partial charge in [-0.1, -0.05) is 0 Å². The molecule has 0 atom stereocenters. The fourth-order valence-corrected chi connectivity index (χ4v) is 2.37. The summed E-state index contributed by atoms with van der Waals surface area (Å²) in [5, 5.41) is 12.7. The van der Waals surface area contributed by atoms with Crippen molar-refractivity contribution in [1.82, 2.24) is 15.1 Å². The van der Waals surface area contributed by atoms with Gasteiger partial charge in [-0.15, -0.1) is 0 Å². The van der Waals surface area contributed by atoms with E-state index in [2.05, 4.69) is 15.1 Å². The van der Waals surface area contributed by atoms with E-state index in [0.717, 1.165) is 32.7 Å². The van der Waals surface area contributed by atoms with E-state index in [1.54, 1.807) is 0 Å². The zero-order chi connectivity index (χ0) is 14.5. The molecule has 0 bridgehead atoms. The molecule has 0 spiro atoms. The van der Waals surface area contributed by atoms with Crippen LogP contribution in [0.4, 0.5) is 0 Å². The van der Waals surface area contributed by atoms with Gasteiger partial charge in [0, 0.05) is 51.7 Å². The Kier molecular flexibility index (Phi) is 6.23. The molecule has 2 N–H and O–H groups in total. The molecule has 5 nitrogen and oxygen atoms in total. The highest BCUT2D eigenvalue weighted by Crippen LogP contribution is 2.08. The average molecular weight is 271 g/mol. The van der Waals surface area contributed by atoms with Gasteiger partial charge in [-0.3, -0.25) is 9.69 Å². The highest BCUT2D eigenvalue weighted by atomic mass is 16.3. The van der Waals surface area contributed by atoms with Crippen LogP contribution in [0, 0.1) is 0 Å². The van der Waals surface area contributed by atoms with Gasteiger partial charge >= 0.3 is 0 Å². The first kappa shape index (κ1) is 16.4. The van der Waals surface area contributed by atoms with E-state index < -0.39 is 5.60 Å². The number of hydrogen-bond acceptors (Lipinski definition) is 4. The van der Waals surface area contributed by atoms with Crippen molar-refractivity contribution in [2.75, 3.05) is 39.3 Å². The number of carbonyl (C=O) groups is 1. The first-order valence-corrected chi connectivity index (χ1v) is 7.23. The van der Waals surface area contributed by atoms with Crippen molar-refractivity contribution in [3.63, 3.8) is 0 Å². The summed E-state index contributed by atoms with van der Waals surface area (Å²) in [7, 11) is 0. The van der Waals surface area contributed by atoms with Crippen molar-refractivity contribution >= 4 is 5.91 Å². The first-order chi connectivity index (χ1) is 8.76. The van der Waals surface area contributed by atoms with Crippen molar-refractivity contribution in [1.29, 1.82) is 0 Å². The summed E-state index contributed by atoms with van der Waals surface area (Å²) in [6.07, 6.45) is 0.573. The van der Waals surface area contributed by atoms with Crippen molar-refractivity contribution in [2.45, 2.75) is 45.8 Å². The molecule has 0 unspecified atom stereocenters. The Bertz CT molecular complexity index is 279. The maximum absolute atomic E-state index is 11.6. The molecule has 1 rings (SSSR count). The van der Waals surface area contributed by atoms with Crippen LogP contribution in [0.25, 0.3) is 0 Å². The van der Waals surface area contributed by atoms with Gasteiger partial charge < -0.3 is 15.3 Å². The second-order valence-electron chi connectivity index (χ2n) is 6.40. The molecule has 0 saturated carbocycles. The van der Waals surface area contributed by atoms with Gasteiger partial charge in [-0.2, -0.15) is 0 Å². The molecule has 5 heteroatoms. The first-order valence-electron chi connectivity index (χ1n) is 7.23. The van der Waals surface area contributed by atoms with Crippen molar-refractivity contribution in [3.8, 4) is 0 Å². The summed E-state index contributed by atoms with van der Waals surface area (Å²) in [4.78, 5) is 16.2. The average Bonchev–Trinajstić information content (AvgIpc) is 2.25. The number of hydrogen-bond donors (Lipinski definition) is 2. The smallest absolute Gasteiger partial charge is 0.221 e. The maximum atomic E-state index is 11.6. The van der Waals surface area contributed by atoms with Crippen LogP contribution in [-0.4, -0.2) is 71.7 Å². The van der Waals surface area contributed by atoms with Crippen LogP contribution < -0.4 is 5.32 Å². The van der Waals surface area contributed by atoms with E-state index >= 15 is 0 Å². The maximum Gasteiger partial charge on any atom is 0.221 e. The van der Waals surface area contributed by atoms with Gasteiger partial charge in [-0.05, 0) is 27.7 Å². The van der Waals surface area contributed by atoms with E-state index in [1.807, 2.05) is 27.7 Å². The van der Waals surface area contributed by atoms with Crippen molar-refractivity contribution < 1.29 is 9.90 Å². The highest BCUT2D eigenvalue weighted by Gasteiger charge is 2.22. The minimum Gasteiger partial charge on any atom is -0.389 e. The van der Waals surface area contributed by atoms with Gasteiger partial charge in [0.1, 0.15) is 0 Å². The molecule has 0 radical (unpaired) electrons. The summed E-state index contributed by atoms with van der Waals surface area (Å²) in [6.45, 7) is 13.1. The Hall–Kier alpha value is -0.650. The molecule has 1 heterocycles. The number of aliphatic hydroxyl groups is 1. The predicted molar refractivity (Wildman–Crippen MR) is 77.1 cm³/mol. The quantitative estimate of drug-likeness (QED) is 0.729. The number of rotatable bonds is 6. The molecule has 0 aliphatic carbocycles. The number of nitrogens with one attached hydrogen (secondary N) is 1. The van der Waals surface area contributed by atoms with E-state index in [-0.39, 0.29) is 11.9 Å². The molecule has 112 valence electrons. The lowest BCUT2D eigenvalue weighted by Gasteiger charge is -2.37. The fraction of sp³-hybridized carbons (Fsp3) is 0.929. The van der Waals surface area contributed by atoms with E-state index in [4.69, 9.17) is 0 Å². The molecule has 19 heavy (non-hydrogen) atoms. The largest absolute Gasteiger partial charge is 0.389 e. The van der Waals surface area contributed by atoms with Crippen LogP contribution in [0.1, 0.15) is 34.1 Å². The predicted octanol–water partition coefficient (Wildman–Crippen LogP) is 0.290. The van der Waals surface area contributed by atoms with Crippen LogP contribution in [0.15, 0.2) is 0 Å². The van der Waals surface area contributed by atoms with Crippen LogP contribution >= 0.6 is 0 Å².